The molecular formula is C16H21F2NO. The molecule has 0 spiro atoms. The third-order valence-corrected chi connectivity index (χ3v) is 4.15. The minimum absolute atomic E-state index is 0.0252. The SMILES string of the molecule is CC(C)(C)N1CC[C@@H](C=O)[C@H](c2ccc(F)cc2F)C1. The molecule has 0 aliphatic carbocycles. The van der Waals surface area contributed by atoms with Gasteiger partial charge in [-0.15, -0.1) is 0 Å². The number of likely N-dealkylation sites (tertiary alicyclic amines) is 1. The van der Waals surface area contributed by atoms with Crippen LogP contribution in [0.4, 0.5) is 8.78 Å². The van der Waals surface area contributed by atoms with Gasteiger partial charge in [-0.1, -0.05) is 6.07 Å². The highest BCUT2D eigenvalue weighted by Gasteiger charge is 2.35. The standard InChI is InChI=1S/C16H21F2NO/c1-16(2,3)19-7-6-11(10-20)14(9-19)13-5-4-12(17)8-15(13)18/h4-5,8,10-11,14H,6-7,9H2,1-3H3/t11-,14+/m0/s1. The fourth-order valence-electron chi connectivity index (χ4n) is 2.87. The molecule has 1 aromatic rings. The van der Waals surface area contributed by atoms with Crippen molar-refractivity contribution in [2.75, 3.05) is 13.1 Å². The number of piperidine rings is 1. The number of rotatable bonds is 2. The average Bonchev–Trinajstić information content (AvgIpc) is 2.37. The van der Waals surface area contributed by atoms with Gasteiger partial charge < -0.3 is 4.79 Å². The summed E-state index contributed by atoms with van der Waals surface area (Å²) in [6.07, 6.45) is 1.62. The van der Waals surface area contributed by atoms with Crippen molar-refractivity contribution in [1.29, 1.82) is 0 Å². The summed E-state index contributed by atoms with van der Waals surface area (Å²) in [4.78, 5) is 13.5. The number of benzene rings is 1. The maximum absolute atomic E-state index is 14.0. The van der Waals surface area contributed by atoms with Crippen LogP contribution in [-0.2, 0) is 4.79 Å². The molecule has 1 heterocycles. The van der Waals surface area contributed by atoms with E-state index in [1.807, 2.05) is 0 Å². The Hall–Kier alpha value is -1.29. The Labute approximate surface area is 118 Å². The predicted molar refractivity (Wildman–Crippen MR) is 74.6 cm³/mol. The maximum atomic E-state index is 14.0. The molecule has 1 aliphatic heterocycles. The predicted octanol–water partition coefficient (Wildman–Crippen LogP) is 3.37. The monoisotopic (exact) mass is 281 g/mol. The van der Waals surface area contributed by atoms with Crippen LogP contribution in [0, 0.1) is 17.6 Å². The topological polar surface area (TPSA) is 20.3 Å². The zero-order valence-corrected chi connectivity index (χ0v) is 12.2. The molecule has 0 unspecified atom stereocenters. The lowest BCUT2D eigenvalue weighted by Crippen LogP contribution is -2.49. The van der Waals surface area contributed by atoms with Crippen LogP contribution in [0.2, 0.25) is 0 Å². The third-order valence-electron chi connectivity index (χ3n) is 4.15. The average molecular weight is 281 g/mol. The van der Waals surface area contributed by atoms with Crippen molar-refractivity contribution in [2.24, 2.45) is 5.92 Å². The van der Waals surface area contributed by atoms with Crippen LogP contribution in [0.15, 0.2) is 18.2 Å². The minimum Gasteiger partial charge on any atom is -0.303 e. The van der Waals surface area contributed by atoms with Crippen molar-refractivity contribution in [2.45, 2.75) is 38.6 Å². The van der Waals surface area contributed by atoms with Gasteiger partial charge in [-0.05, 0) is 45.4 Å². The van der Waals surface area contributed by atoms with Gasteiger partial charge in [0.05, 0.1) is 0 Å². The summed E-state index contributed by atoms with van der Waals surface area (Å²) in [7, 11) is 0. The molecular weight excluding hydrogens is 260 g/mol. The van der Waals surface area contributed by atoms with Gasteiger partial charge >= 0.3 is 0 Å². The van der Waals surface area contributed by atoms with Crippen molar-refractivity contribution in [1.82, 2.24) is 4.90 Å². The van der Waals surface area contributed by atoms with E-state index in [2.05, 4.69) is 25.7 Å². The largest absolute Gasteiger partial charge is 0.303 e. The quantitative estimate of drug-likeness (QED) is 0.775. The molecule has 0 amide bonds. The summed E-state index contributed by atoms with van der Waals surface area (Å²) in [5.41, 5.74) is 0.417. The Morgan fingerprint density at radius 1 is 1.30 bits per heavy atom. The van der Waals surface area contributed by atoms with Crippen LogP contribution in [-0.4, -0.2) is 29.8 Å². The smallest absolute Gasteiger partial charge is 0.129 e. The molecule has 1 aromatic carbocycles. The first-order valence-electron chi connectivity index (χ1n) is 6.98. The Morgan fingerprint density at radius 3 is 2.55 bits per heavy atom. The van der Waals surface area contributed by atoms with E-state index in [9.17, 15) is 13.6 Å². The van der Waals surface area contributed by atoms with Gasteiger partial charge in [0.1, 0.15) is 17.9 Å². The van der Waals surface area contributed by atoms with E-state index in [-0.39, 0.29) is 17.4 Å². The summed E-state index contributed by atoms with van der Waals surface area (Å²) in [5.74, 6) is -1.55. The first-order chi connectivity index (χ1) is 9.32. The molecule has 20 heavy (non-hydrogen) atoms. The van der Waals surface area contributed by atoms with Crippen LogP contribution >= 0.6 is 0 Å². The first kappa shape index (κ1) is 15.1. The van der Waals surface area contributed by atoms with Gasteiger partial charge in [0.2, 0.25) is 0 Å². The summed E-state index contributed by atoms with van der Waals surface area (Å²) in [6.45, 7) is 7.76. The highest BCUT2D eigenvalue weighted by molar-refractivity contribution is 5.56. The highest BCUT2D eigenvalue weighted by atomic mass is 19.1. The lowest BCUT2D eigenvalue weighted by Gasteiger charge is -2.44. The molecule has 0 N–H and O–H groups in total. The van der Waals surface area contributed by atoms with E-state index in [4.69, 9.17) is 0 Å². The van der Waals surface area contributed by atoms with E-state index in [0.29, 0.717) is 18.5 Å². The molecule has 1 aliphatic rings. The second-order valence-electron chi connectivity index (χ2n) is 6.48. The van der Waals surface area contributed by atoms with Gasteiger partial charge in [-0.2, -0.15) is 0 Å². The number of hydrogen-bond acceptors (Lipinski definition) is 2. The van der Waals surface area contributed by atoms with Gasteiger partial charge in [0, 0.05) is 30.0 Å². The van der Waals surface area contributed by atoms with Gasteiger partial charge in [0.25, 0.3) is 0 Å². The summed E-state index contributed by atoms with van der Waals surface area (Å²) < 4.78 is 27.0. The van der Waals surface area contributed by atoms with Crippen LogP contribution in [0.5, 0.6) is 0 Å². The van der Waals surface area contributed by atoms with Crippen LogP contribution < -0.4 is 0 Å². The normalized spacial score (nSPS) is 24.6. The van der Waals surface area contributed by atoms with Crippen molar-refractivity contribution in [3.05, 3.63) is 35.4 Å². The van der Waals surface area contributed by atoms with Crippen molar-refractivity contribution < 1.29 is 13.6 Å². The highest BCUT2D eigenvalue weighted by Crippen LogP contribution is 2.35. The molecule has 1 saturated heterocycles. The molecule has 0 radical (unpaired) electrons. The van der Waals surface area contributed by atoms with Crippen LogP contribution in [0.1, 0.15) is 38.7 Å². The van der Waals surface area contributed by atoms with E-state index >= 15 is 0 Å². The fourth-order valence-corrected chi connectivity index (χ4v) is 2.87. The zero-order chi connectivity index (χ0) is 14.9. The van der Waals surface area contributed by atoms with E-state index in [1.165, 1.54) is 12.1 Å². The van der Waals surface area contributed by atoms with Gasteiger partial charge in [0.15, 0.2) is 0 Å². The molecule has 2 rings (SSSR count). The van der Waals surface area contributed by atoms with E-state index in [1.54, 1.807) is 0 Å². The van der Waals surface area contributed by atoms with Crippen molar-refractivity contribution >= 4 is 6.29 Å². The fraction of sp³-hybridized carbons (Fsp3) is 0.562. The zero-order valence-electron chi connectivity index (χ0n) is 12.2. The van der Waals surface area contributed by atoms with Gasteiger partial charge in [-0.3, -0.25) is 4.90 Å². The number of hydrogen-bond donors (Lipinski definition) is 0. The Morgan fingerprint density at radius 2 is 2.00 bits per heavy atom. The van der Waals surface area contributed by atoms with Crippen molar-refractivity contribution in [3.63, 3.8) is 0 Å². The Balaban J connectivity index is 2.31. The Bertz CT molecular complexity index is 496. The van der Waals surface area contributed by atoms with Crippen LogP contribution in [0.3, 0.4) is 0 Å². The Kier molecular flexibility index (Phi) is 4.23. The first-order valence-corrected chi connectivity index (χ1v) is 6.98. The number of halogens is 2. The number of nitrogens with zero attached hydrogens (tertiary/aromatic N) is 1. The summed E-state index contributed by atoms with van der Waals surface area (Å²) in [5, 5.41) is 0. The third kappa shape index (κ3) is 3.06. The van der Waals surface area contributed by atoms with Gasteiger partial charge in [-0.25, -0.2) is 8.78 Å². The van der Waals surface area contributed by atoms with E-state index in [0.717, 1.165) is 18.9 Å². The van der Waals surface area contributed by atoms with Crippen molar-refractivity contribution in [3.8, 4) is 0 Å². The second kappa shape index (κ2) is 5.60. The number of carbonyl (C=O) groups is 1. The molecule has 0 saturated carbocycles. The molecule has 2 atom stereocenters. The lowest BCUT2D eigenvalue weighted by molar-refractivity contribution is -0.113. The molecule has 0 bridgehead atoms. The summed E-state index contributed by atoms with van der Waals surface area (Å²) in [6, 6.07) is 3.63. The van der Waals surface area contributed by atoms with Crippen LogP contribution in [0.25, 0.3) is 0 Å². The maximum Gasteiger partial charge on any atom is 0.129 e. The molecule has 0 aromatic heterocycles. The number of aldehydes is 1. The van der Waals surface area contributed by atoms with E-state index < -0.39 is 11.6 Å². The lowest BCUT2D eigenvalue weighted by atomic mass is 9.80. The second-order valence-corrected chi connectivity index (χ2v) is 6.48. The number of carbonyl (C=O) groups excluding carboxylic acids is 1. The molecule has 2 nitrogen and oxygen atoms in total. The summed E-state index contributed by atoms with van der Waals surface area (Å²) >= 11 is 0. The molecule has 110 valence electrons. The molecule has 1 fully saturated rings. The minimum atomic E-state index is -0.586. The molecule has 4 heteroatoms.